The number of ether oxygens (including phenoxy) is 1. The van der Waals surface area contributed by atoms with Crippen molar-refractivity contribution in [2.24, 2.45) is 5.16 Å². The SMILES string of the molecule is CC1CC(=NOCC(=O)O)CC(C)O1. The lowest BCUT2D eigenvalue weighted by Crippen LogP contribution is -2.29. The third-order valence-corrected chi connectivity index (χ3v) is 1.89. The van der Waals surface area contributed by atoms with Gasteiger partial charge in [-0.3, -0.25) is 0 Å². The van der Waals surface area contributed by atoms with E-state index in [-0.39, 0.29) is 18.8 Å². The fourth-order valence-electron chi connectivity index (χ4n) is 1.49. The normalized spacial score (nSPS) is 27.1. The number of aliphatic carboxylic acids is 1. The van der Waals surface area contributed by atoms with E-state index in [2.05, 4.69) is 9.99 Å². The van der Waals surface area contributed by atoms with Crippen LogP contribution in [0.15, 0.2) is 5.16 Å². The smallest absolute Gasteiger partial charge is 0.344 e. The highest BCUT2D eigenvalue weighted by molar-refractivity contribution is 5.85. The fourth-order valence-corrected chi connectivity index (χ4v) is 1.49. The van der Waals surface area contributed by atoms with Crippen LogP contribution in [-0.2, 0) is 14.4 Å². The summed E-state index contributed by atoms with van der Waals surface area (Å²) in [4.78, 5) is 14.8. The molecule has 14 heavy (non-hydrogen) atoms. The highest BCUT2D eigenvalue weighted by Crippen LogP contribution is 2.16. The Bertz CT molecular complexity index is 227. The van der Waals surface area contributed by atoms with Crippen molar-refractivity contribution in [3.8, 4) is 0 Å². The van der Waals surface area contributed by atoms with Crippen LogP contribution < -0.4 is 0 Å². The molecule has 5 heteroatoms. The number of carboxylic acids is 1. The molecule has 1 rings (SSSR count). The molecule has 1 fully saturated rings. The summed E-state index contributed by atoms with van der Waals surface area (Å²) < 4.78 is 5.49. The van der Waals surface area contributed by atoms with Crippen molar-refractivity contribution in [2.75, 3.05) is 6.61 Å². The van der Waals surface area contributed by atoms with Crippen LogP contribution in [0.4, 0.5) is 0 Å². The van der Waals surface area contributed by atoms with Crippen LogP contribution in [0.1, 0.15) is 26.7 Å². The fraction of sp³-hybridized carbons (Fsp3) is 0.778. The van der Waals surface area contributed by atoms with E-state index in [1.165, 1.54) is 0 Å². The topological polar surface area (TPSA) is 68.1 Å². The lowest BCUT2D eigenvalue weighted by molar-refractivity contribution is -0.142. The van der Waals surface area contributed by atoms with E-state index in [0.717, 1.165) is 5.71 Å². The Morgan fingerprint density at radius 2 is 2.14 bits per heavy atom. The molecule has 80 valence electrons. The molecule has 2 unspecified atom stereocenters. The van der Waals surface area contributed by atoms with Gasteiger partial charge in [-0.1, -0.05) is 5.16 Å². The van der Waals surface area contributed by atoms with Crippen molar-refractivity contribution >= 4 is 11.7 Å². The van der Waals surface area contributed by atoms with Crippen LogP contribution in [0, 0.1) is 0 Å². The van der Waals surface area contributed by atoms with E-state index >= 15 is 0 Å². The van der Waals surface area contributed by atoms with Gasteiger partial charge in [-0.15, -0.1) is 0 Å². The molecule has 0 spiro atoms. The van der Waals surface area contributed by atoms with Crippen molar-refractivity contribution in [2.45, 2.75) is 38.9 Å². The number of hydrogen-bond acceptors (Lipinski definition) is 4. The molecule has 0 aliphatic carbocycles. The molecular formula is C9H15NO4. The van der Waals surface area contributed by atoms with Crippen molar-refractivity contribution in [1.82, 2.24) is 0 Å². The van der Waals surface area contributed by atoms with Gasteiger partial charge in [0.1, 0.15) is 0 Å². The quantitative estimate of drug-likeness (QED) is 0.692. The number of rotatable bonds is 3. The highest BCUT2D eigenvalue weighted by Gasteiger charge is 2.20. The van der Waals surface area contributed by atoms with E-state index in [9.17, 15) is 4.79 Å². The van der Waals surface area contributed by atoms with Gasteiger partial charge in [0.25, 0.3) is 0 Å². The molecular weight excluding hydrogens is 186 g/mol. The Balaban J connectivity index is 2.38. The van der Waals surface area contributed by atoms with Crippen LogP contribution >= 0.6 is 0 Å². The zero-order chi connectivity index (χ0) is 10.6. The minimum Gasteiger partial charge on any atom is -0.479 e. The molecule has 0 aromatic heterocycles. The molecule has 1 saturated heterocycles. The average molecular weight is 201 g/mol. The monoisotopic (exact) mass is 201 g/mol. The van der Waals surface area contributed by atoms with E-state index < -0.39 is 5.97 Å². The Kier molecular flexibility index (Phi) is 3.88. The van der Waals surface area contributed by atoms with Crippen LogP contribution in [-0.4, -0.2) is 35.6 Å². The molecule has 0 amide bonds. The summed E-state index contributed by atoms with van der Waals surface area (Å²) in [5, 5.41) is 12.1. The molecule has 0 saturated carbocycles. The Morgan fingerprint density at radius 3 is 2.64 bits per heavy atom. The van der Waals surface area contributed by atoms with Crippen LogP contribution in [0.5, 0.6) is 0 Å². The number of carboxylic acid groups (broad SMARTS) is 1. The summed E-state index contributed by atoms with van der Waals surface area (Å²) in [5.74, 6) is -1.01. The lowest BCUT2D eigenvalue weighted by Gasteiger charge is -2.25. The first kappa shape index (κ1) is 11.0. The maximum Gasteiger partial charge on any atom is 0.344 e. The summed E-state index contributed by atoms with van der Waals surface area (Å²) in [6.07, 6.45) is 1.69. The van der Waals surface area contributed by atoms with Gasteiger partial charge in [0, 0.05) is 12.8 Å². The molecule has 1 aliphatic rings. The van der Waals surface area contributed by atoms with Crippen molar-refractivity contribution in [1.29, 1.82) is 0 Å². The van der Waals surface area contributed by atoms with Crippen LogP contribution in [0.2, 0.25) is 0 Å². The molecule has 2 atom stereocenters. The molecule has 1 aliphatic heterocycles. The predicted octanol–water partition coefficient (Wildman–Crippen LogP) is 1.03. The standard InChI is InChI=1S/C9H15NO4/c1-6-3-8(4-7(2)14-6)10-13-5-9(11)12/h6-7H,3-5H2,1-2H3,(H,11,12). The van der Waals surface area contributed by atoms with Gasteiger partial charge in [-0.05, 0) is 13.8 Å². The summed E-state index contributed by atoms with van der Waals surface area (Å²) in [5.41, 5.74) is 0.873. The third-order valence-electron chi connectivity index (χ3n) is 1.89. The van der Waals surface area contributed by atoms with Gasteiger partial charge in [-0.25, -0.2) is 4.79 Å². The summed E-state index contributed by atoms with van der Waals surface area (Å²) in [6.45, 7) is 3.54. The van der Waals surface area contributed by atoms with Crippen molar-refractivity contribution in [3.05, 3.63) is 0 Å². The summed E-state index contributed by atoms with van der Waals surface area (Å²) in [7, 11) is 0. The van der Waals surface area contributed by atoms with Gasteiger partial charge in [0.2, 0.25) is 6.61 Å². The first-order valence-corrected chi connectivity index (χ1v) is 4.63. The second-order valence-corrected chi connectivity index (χ2v) is 3.49. The van der Waals surface area contributed by atoms with E-state index in [4.69, 9.17) is 9.84 Å². The maximum atomic E-state index is 10.2. The second-order valence-electron chi connectivity index (χ2n) is 3.49. The van der Waals surface area contributed by atoms with Gasteiger partial charge in [-0.2, -0.15) is 0 Å². The number of nitrogens with zero attached hydrogens (tertiary/aromatic N) is 1. The van der Waals surface area contributed by atoms with Crippen molar-refractivity contribution in [3.63, 3.8) is 0 Å². The Labute approximate surface area is 82.7 Å². The highest BCUT2D eigenvalue weighted by atomic mass is 16.6. The number of hydrogen-bond donors (Lipinski definition) is 1. The molecule has 0 radical (unpaired) electrons. The zero-order valence-electron chi connectivity index (χ0n) is 8.40. The van der Waals surface area contributed by atoms with Crippen LogP contribution in [0.25, 0.3) is 0 Å². The largest absolute Gasteiger partial charge is 0.479 e. The Hall–Kier alpha value is -1.10. The van der Waals surface area contributed by atoms with E-state index in [1.54, 1.807) is 0 Å². The summed E-state index contributed by atoms with van der Waals surface area (Å²) in [6, 6.07) is 0. The molecule has 0 aromatic rings. The van der Waals surface area contributed by atoms with Crippen molar-refractivity contribution < 1.29 is 19.5 Å². The zero-order valence-corrected chi connectivity index (χ0v) is 8.40. The first-order valence-electron chi connectivity index (χ1n) is 4.63. The molecule has 1 N–H and O–H groups in total. The first-order chi connectivity index (χ1) is 6.58. The Morgan fingerprint density at radius 1 is 1.57 bits per heavy atom. The van der Waals surface area contributed by atoms with Gasteiger partial charge in [0.15, 0.2) is 0 Å². The number of oxime groups is 1. The van der Waals surface area contributed by atoms with E-state index in [1.807, 2.05) is 13.8 Å². The maximum absolute atomic E-state index is 10.2. The molecule has 5 nitrogen and oxygen atoms in total. The van der Waals surface area contributed by atoms with E-state index in [0.29, 0.717) is 12.8 Å². The molecule has 0 aromatic carbocycles. The predicted molar refractivity (Wildman–Crippen MR) is 50.3 cm³/mol. The van der Waals surface area contributed by atoms with Gasteiger partial charge in [0.05, 0.1) is 17.9 Å². The number of carbonyl (C=O) groups is 1. The summed E-state index contributed by atoms with van der Waals surface area (Å²) >= 11 is 0. The third kappa shape index (κ3) is 3.74. The van der Waals surface area contributed by atoms with Crippen LogP contribution in [0.3, 0.4) is 0 Å². The average Bonchev–Trinajstić information content (AvgIpc) is 2.01. The molecule has 0 bridgehead atoms. The molecule has 1 heterocycles. The lowest BCUT2D eigenvalue weighted by atomic mass is 10.0. The van der Waals surface area contributed by atoms with Gasteiger partial charge >= 0.3 is 5.97 Å². The van der Waals surface area contributed by atoms with Gasteiger partial charge < -0.3 is 14.7 Å². The minimum atomic E-state index is -1.01. The second kappa shape index (κ2) is 4.95. The minimum absolute atomic E-state index is 0.130.